The van der Waals surface area contributed by atoms with Crippen LogP contribution in [0.25, 0.3) is 0 Å². The van der Waals surface area contributed by atoms with Gasteiger partial charge in [-0.15, -0.1) is 0 Å². The van der Waals surface area contributed by atoms with Gasteiger partial charge in [0, 0.05) is 0 Å². The first kappa shape index (κ1) is 13.5. The molecule has 1 aromatic carbocycles. The maximum Gasteiger partial charge on any atom is 0.326 e. The van der Waals surface area contributed by atoms with E-state index in [2.05, 4.69) is 18.6 Å². The highest BCUT2D eigenvalue weighted by Crippen LogP contribution is 2.25. The van der Waals surface area contributed by atoms with Crippen LogP contribution in [0, 0.1) is 0 Å². The normalized spacial score (nSPS) is 12.3. The van der Waals surface area contributed by atoms with Crippen molar-refractivity contribution in [2.45, 2.75) is 25.8 Å². The third kappa shape index (κ3) is 3.75. The van der Waals surface area contributed by atoms with Gasteiger partial charge < -0.3 is 15.2 Å². The Balaban J connectivity index is 2.66. The number of carbonyl (C=O) groups is 1. The van der Waals surface area contributed by atoms with Gasteiger partial charge in [-0.3, -0.25) is 4.79 Å². The molecule has 94 valence electrons. The van der Waals surface area contributed by atoms with Gasteiger partial charge in [-0.2, -0.15) is 0 Å². The van der Waals surface area contributed by atoms with Crippen LogP contribution in [0.15, 0.2) is 24.3 Å². The van der Waals surface area contributed by atoms with Crippen LogP contribution in [0.1, 0.15) is 25.3 Å². The van der Waals surface area contributed by atoms with E-state index in [-0.39, 0.29) is 6.61 Å². The van der Waals surface area contributed by atoms with Gasteiger partial charge in [-0.1, -0.05) is 32.0 Å². The number of nitrogens with two attached hydrogens (primary N) is 1. The summed E-state index contributed by atoms with van der Waals surface area (Å²) in [5, 5.41) is 0. The number of para-hydroxylation sites is 1. The van der Waals surface area contributed by atoms with Gasteiger partial charge in [0.15, 0.2) is 0 Å². The lowest BCUT2D eigenvalue weighted by Gasteiger charge is -2.15. The predicted molar refractivity (Wildman–Crippen MR) is 66.0 cm³/mol. The number of ether oxygens (including phenoxy) is 2. The first-order valence-corrected chi connectivity index (χ1v) is 5.61. The quantitative estimate of drug-likeness (QED) is 0.792. The molecule has 0 aliphatic heterocycles. The average Bonchev–Trinajstić information content (AvgIpc) is 2.35. The minimum Gasteiger partial charge on any atom is -0.491 e. The predicted octanol–water partition coefficient (Wildman–Crippen LogP) is 1.69. The summed E-state index contributed by atoms with van der Waals surface area (Å²) >= 11 is 0. The second-order valence-electron chi connectivity index (χ2n) is 4.13. The monoisotopic (exact) mass is 237 g/mol. The van der Waals surface area contributed by atoms with E-state index in [4.69, 9.17) is 10.5 Å². The van der Waals surface area contributed by atoms with Crippen LogP contribution in [0.3, 0.4) is 0 Å². The van der Waals surface area contributed by atoms with E-state index in [1.165, 1.54) is 7.11 Å². The Morgan fingerprint density at radius 3 is 2.59 bits per heavy atom. The van der Waals surface area contributed by atoms with E-state index in [1.807, 2.05) is 24.3 Å². The van der Waals surface area contributed by atoms with Gasteiger partial charge in [-0.05, 0) is 17.5 Å². The number of benzene rings is 1. The smallest absolute Gasteiger partial charge is 0.326 e. The average molecular weight is 237 g/mol. The Kier molecular flexibility index (Phi) is 4.97. The van der Waals surface area contributed by atoms with Crippen molar-refractivity contribution >= 4 is 5.97 Å². The van der Waals surface area contributed by atoms with Crippen molar-refractivity contribution in [3.8, 4) is 5.75 Å². The zero-order valence-electron chi connectivity index (χ0n) is 10.5. The molecule has 1 unspecified atom stereocenters. The minimum absolute atomic E-state index is 0.121. The summed E-state index contributed by atoms with van der Waals surface area (Å²) in [5.41, 5.74) is 6.70. The van der Waals surface area contributed by atoms with Crippen molar-refractivity contribution in [3.05, 3.63) is 29.8 Å². The Hall–Kier alpha value is -1.55. The standard InChI is InChI=1S/C13H19NO3/c1-9(2)10-6-4-5-7-12(10)17-8-11(14)13(15)16-3/h4-7,9,11H,8,14H2,1-3H3. The van der Waals surface area contributed by atoms with Crippen molar-refractivity contribution in [1.29, 1.82) is 0 Å². The lowest BCUT2D eigenvalue weighted by Crippen LogP contribution is -2.37. The van der Waals surface area contributed by atoms with E-state index < -0.39 is 12.0 Å². The molecule has 4 nitrogen and oxygen atoms in total. The van der Waals surface area contributed by atoms with E-state index in [0.29, 0.717) is 5.92 Å². The molecule has 0 spiro atoms. The van der Waals surface area contributed by atoms with Crippen molar-refractivity contribution in [2.24, 2.45) is 5.73 Å². The molecule has 0 radical (unpaired) electrons. The Labute approximate surface area is 102 Å². The second kappa shape index (κ2) is 6.25. The molecular weight excluding hydrogens is 218 g/mol. The fraction of sp³-hybridized carbons (Fsp3) is 0.462. The largest absolute Gasteiger partial charge is 0.491 e. The Morgan fingerprint density at radius 1 is 1.35 bits per heavy atom. The van der Waals surface area contributed by atoms with E-state index >= 15 is 0 Å². The van der Waals surface area contributed by atoms with Crippen LogP contribution in [0.2, 0.25) is 0 Å². The zero-order valence-corrected chi connectivity index (χ0v) is 10.5. The highest BCUT2D eigenvalue weighted by Gasteiger charge is 2.15. The fourth-order valence-corrected chi connectivity index (χ4v) is 1.49. The molecule has 0 amide bonds. The molecule has 1 rings (SSSR count). The third-order valence-corrected chi connectivity index (χ3v) is 2.46. The van der Waals surface area contributed by atoms with Gasteiger partial charge in [-0.25, -0.2) is 0 Å². The van der Waals surface area contributed by atoms with Gasteiger partial charge in [0.25, 0.3) is 0 Å². The molecule has 0 saturated carbocycles. The number of rotatable bonds is 5. The van der Waals surface area contributed by atoms with Crippen molar-refractivity contribution in [1.82, 2.24) is 0 Å². The summed E-state index contributed by atoms with van der Waals surface area (Å²) in [5.74, 6) is 0.662. The van der Waals surface area contributed by atoms with Crippen LogP contribution < -0.4 is 10.5 Å². The maximum atomic E-state index is 11.1. The maximum absolute atomic E-state index is 11.1. The topological polar surface area (TPSA) is 61.5 Å². The number of carbonyl (C=O) groups excluding carboxylic acids is 1. The molecule has 4 heteroatoms. The van der Waals surface area contributed by atoms with Crippen LogP contribution >= 0.6 is 0 Å². The molecule has 17 heavy (non-hydrogen) atoms. The molecule has 0 fully saturated rings. The Morgan fingerprint density at radius 2 is 2.00 bits per heavy atom. The number of esters is 1. The van der Waals surface area contributed by atoms with Gasteiger partial charge >= 0.3 is 5.97 Å². The number of methoxy groups -OCH3 is 1. The van der Waals surface area contributed by atoms with Crippen LogP contribution in [-0.4, -0.2) is 25.7 Å². The Bertz CT molecular complexity index is 377. The molecule has 0 aromatic heterocycles. The molecule has 1 atom stereocenters. The van der Waals surface area contributed by atoms with Crippen molar-refractivity contribution in [2.75, 3.05) is 13.7 Å². The second-order valence-corrected chi connectivity index (χ2v) is 4.13. The lowest BCUT2D eigenvalue weighted by atomic mass is 10.0. The summed E-state index contributed by atoms with van der Waals surface area (Å²) < 4.78 is 10.1. The lowest BCUT2D eigenvalue weighted by molar-refractivity contribution is -0.142. The fourth-order valence-electron chi connectivity index (χ4n) is 1.49. The third-order valence-electron chi connectivity index (χ3n) is 2.46. The van der Waals surface area contributed by atoms with Crippen LogP contribution in [-0.2, 0) is 9.53 Å². The summed E-state index contributed by atoms with van der Waals surface area (Å²) in [6.45, 7) is 4.29. The summed E-state index contributed by atoms with van der Waals surface area (Å²) in [4.78, 5) is 11.1. The molecule has 1 aromatic rings. The van der Waals surface area contributed by atoms with Gasteiger partial charge in [0.05, 0.1) is 7.11 Å². The first-order chi connectivity index (χ1) is 8.06. The van der Waals surface area contributed by atoms with Crippen LogP contribution in [0.5, 0.6) is 5.75 Å². The minimum atomic E-state index is -0.750. The molecule has 0 saturated heterocycles. The summed E-state index contributed by atoms with van der Waals surface area (Å²) in [6, 6.07) is 6.98. The van der Waals surface area contributed by atoms with E-state index in [0.717, 1.165) is 11.3 Å². The molecule has 0 aliphatic carbocycles. The van der Waals surface area contributed by atoms with Gasteiger partial charge in [0.2, 0.25) is 0 Å². The number of hydrogen-bond acceptors (Lipinski definition) is 4. The highest BCUT2D eigenvalue weighted by atomic mass is 16.5. The summed E-state index contributed by atoms with van der Waals surface area (Å²) in [7, 11) is 1.31. The first-order valence-electron chi connectivity index (χ1n) is 5.61. The highest BCUT2D eigenvalue weighted by molar-refractivity contribution is 5.75. The molecule has 0 heterocycles. The molecule has 2 N–H and O–H groups in total. The van der Waals surface area contributed by atoms with Crippen LogP contribution in [0.4, 0.5) is 0 Å². The molecule has 0 aliphatic rings. The SMILES string of the molecule is COC(=O)C(N)COc1ccccc1C(C)C. The molecular formula is C13H19NO3. The summed E-state index contributed by atoms with van der Waals surface area (Å²) in [6.07, 6.45) is 0. The zero-order chi connectivity index (χ0) is 12.8. The number of hydrogen-bond donors (Lipinski definition) is 1. The van der Waals surface area contributed by atoms with Crippen molar-refractivity contribution < 1.29 is 14.3 Å². The van der Waals surface area contributed by atoms with E-state index in [9.17, 15) is 4.79 Å². The van der Waals surface area contributed by atoms with Crippen molar-refractivity contribution in [3.63, 3.8) is 0 Å². The van der Waals surface area contributed by atoms with E-state index in [1.54, 1.807) is 0 Å². The molecule has 0 bridgehead atoms. The van der Waals surface area contributed by atoms with Gasteiger partial charge in [0.1, 0.15) is 18.4 Å².